The van der Waals surface area contributed by atoms with E-state index >= 15 is 0 Å². The number of nitrogens with zero attached hydrogens (tertiary/aromatic N) is 3. The molecule has 0 aliphatic heterocycles. The van der Waals surface area contributed by atoms with Gasteiger partial charge in [-0.05, 0) is 54.8 Å². The molecule has 0 spiro atoms. The van der Waals surface area contributed by atoms with E-state index in [1.807, 2.05) is 13.8 Å². The highest BCUT2D eigenvalue weighted by atomic mass is 32.2. The number of hydrogen-bond donors (Lipinski definition) is 1. The molecule has 1 aliphatic carbocycles. The molecule has 0 bridgehead atoms. The molecule has 0 saturated heterocycles. The summed E-state index contributed by atoms with van der Waals surface area (Å²) >= 11 is 1.23. The number of nitrogens with one attached hydrogen (secondary N) is 1. The van der Waals surface area contributed by atoms with E-state index < -0.39 is 25.8 Å². The molecule has 2 aromatic rings. The molecule has 2 atom stereocenters. The monoisotopic (exact) mass is 570 g/mol. The van der Waals surface area contributed by atoms with E-state index in [2.05, 4.69) is 41.5 Å². The largest absolute Gasteiger partial charge is 0.254 e. The summed E-state index contributed by atoms with van der Waals surface area (Å²) in [5.74, 6) is 1.72. The zero-order valence-electron chi connectivity index (χ0n) is 24.3. The molecule has 1 fully saturated rings. The van der Waals surface area contributed by atoms with Gasteiger partial charge >= 0.3 is 0 Å². The highest BCUT2D eigenvalue weighted by Crippen LogP contribution is 2.31. The Morgan fingerprint density at radius 2 is 1.72 bits per heavy atom. The van der Waals surface area contributed by atoms with Gasteiger partial charge in [0.15, 0.2) is 0 Å². The van der Waals surface area contributed by atoms with E-state index in [0.717, 1.165) is 34.2 Å². The van der Waals surface area contributed by atoms with Crippen LogP contribution >= 0.6 is 11.9 Å². The SMILES string of the molecule is CCC.CCC1CC1.CCc1ncc(SNC(CF)CCF)cn1.Cc1cc(CC(F)F)ccc1C(C)C#N. The number of nitriles is 1. The van der Waals surface area contributed by atoms with Crippen LogP contribution in [0.2, 0.25) is 0 Å². The van der Waals surface area contributed by atoms with Crippen molar-refractivity contribution in [3.05, 3.63) is 53.1 Å². The number of rotatable bonds is 11. The van der Waals surface area contributed by atoms with Crippen LogP contribution in [-0.2, 0) is 12.8 Å². The smallest absolute Gasteiger partial charge is 0.242 e. The molecule has 1 heterocycles. The fourth-order valence-corrected chi connectivity index (χ4v) is 3.85. The third-order valence-electron chi connectivity index (χ3n) is 5.64. The van der Waals surface area contributed by atoms with Crippen LogP contribution in [0.4, 0.5) is 17.6 Å². The lowest BCUT2D eigenvalue weighted by Gasteiger charge is -2.12. The van der Waals surface area contributed by atoms with E-state index in [1.165, 1.54) is 37.6 Å². The average Bonchev–Trinajstić information content (AvgIpc) is 3.77. The Kier molecular flexibility index (Phi) is 21.4. The molecule has 9 heteroatoms. The molecule has 0 amide bonds. The predicted octanol–water partition coefficient (Wildman–Crippen LogP) is 8.99. The molecular formula is C30H46F4N4S. The molecule has 0 radical (unpaired) electrons. The van der Waals surface area contributed by atoms with Gasteiger partial charge in [0.25, 0.3) is 0 Å². The third kappa shape index (κ3) is 17.9. The Morgan fingerprint density at radius 1 is 1.10 bits per heavy atom. The van der Waals surface area contributed by atoms with Crippen LogP contribution in [0.1, 0.15) is 95.2 Å². The molecule has 220 valence electrons. The Bertz CT molecular complexity index is 918. The second kappa shape index (κ2) is 22.6. The van der Waals surface area contributed by atoms with Crippen molar-refractivity contribution < 1.29 is 17.6 Å². The highest BCUT2D eigenvalue weighted by Gasteiger charge is 2.17. The average molecular weight is 571 g/mol. The van der Waals surface area contributed by atoms with E-state index in [4.69, 9.17) is 5.26 Å². The lowest BCUT2D eigenvalue weighted by atomic mass is 9.95. The molecule has 1 saturated carbocycles. The van der Waals surface area contributed by atoms with Crippen molar-refractivity contribution in [2.75, 3.05) is 13.3 Å². The minimum atomic E-state index is -2.32. The summed E-state index contributed by atoms with van der Waals surface area (Å²) in [6, 6.07) is 6.84. The van der Waals surface area contributed by atoms with Crippen LogP contribution in [0, 0.1) is 24.2 Å². The summed E-state index contributed by atoms with van der Waals surface area (Å²) in [5.41, 5.74) is 2.44. The molecule has 1 aromatic carbocycles. The lowest BCUT2D eigenvalue weighted by molar-refractivity contribution is 0.149. The van der Waals surface area contributed by atoms with Gasteiger partial charge in [-0.25, -0.2) is 23.1 Å². The Labute approximate surface area is 237 Å². The first-order chi connectivity index (χ1) is 18.7. The van der Waals surface area contributed by atoms with Crippen LogP contribution < -0.4 is 4.72 Å². The van der Waals surface area contributed by atoms with Gasteiger partial charge in [-0.2, -0.15) is 5.26 Å². The Morgan fingerprint density at radius 3 is 2.10 bits per heavy atom. The maximum atomic E-state index is 12.4. The summed E-state index contributed by atoms with van der Waals surface area (Å²) < 4.78 is 51.5. The molecule has 1 N–H and O–H groups in total. The minimum Gasteiger partial charge on any atom is -0.254 e. The molecule has 4 nitrogen and oxygen atoms in total. The van der Waals surface area contributed by atoms with Crippen LogP contribution in [0.5, 0.6) is 0 Å². The minimum absolute atomic E-state index is 0.178. The van der Waals surface area contributed by atoms with Gasteiger partial charge in [0.2, 0.25) is 6.43 Å². The normalized spacial score (nSPS) is 13.5. The molecule has 39 heavy (non-hydrogen) atoms. The van der Waals surface area contributed by atoms with Crippen molar-refractivity contribution in [3.63, 3.8) is 0 Å². The second-order valence-corrected chi connectivity index (χ2v) is 10.3. The van der Waals surface area contributed by atoms with E-state index in [1.54, 1.807) is 37.5 Å². The van der Waals surface area contributed by atoms with Gasteiger partial charge in [-0.15, -0.1) is 0 Å². The number of halogens is 4. The van der Waals surface area contributed by atoms with Crippen LogP contribution in [0.25, 0.3) is 0 Å². The van der Waals surface area contributed by atoms with Crippen molar-refractivity contribution in [2.24, 2.45) is 5.92 Å². The van der Waals surface area contributed by atoms with Gasteiger partial charge in [-0.1, -0.05) is 71.6 Å². The van der Waals surface area contributed by atoms with Crippen LogP contribution in [0.15, 0.2) is 35.5 Å². The lowest BCUT2D eigenvalue weighted by Crippen LogP contribution is -2.25. The van der Waals surface area contributed by atoms with Gasteiger partial charge < -0.3 is 0 Å². The first kappa shape index (κ1) is 36.8. The topological polar surface area (TPSA) is 61.6 Å². The van der Waals surface area contributed by atoms with Gasteiger partial charge in [-0.3, -0.25) is 9.11 Å². The summed E-state index contributed by atoms with van der Waals surface area (Å²) in [4.78, 5) is 9.01. The second-order valence-electron chi connectivity index (χ2n) is 9.43. The predicted molar refractivity (Wildman–Crippen MR) is 155 cm³/mol. The highest BCUT2D eigenvalue weighted by molar-refractivity contribution is 7.97. The van der Waals surface area contributed by atoms with Crippen LogP contribution in [-0.4, -0.2) is 35.8 Å². The van der Waals surface area contributed by atoms with Crippen molar-refractivity contribution in [1.82, 2.24) is 14.7 Å². The van der Waals surface area contributed by atoms with E-state index in [9.17, 15) is 17.6 Å². The quantitative estimate of drug-likeness (QED) is 0.216. The third-order valence-corrected chi connectivity index (χ3v) is 6.54. The van der Waals surface area contributed by atoms with E-state index in [0.29, 0.717) is 5.56 Å². The maximum Gasteiger partial charge on any atom is 0.242 e. The molecule has 1 aliphatic rings. The van der Waals surface area contributed by atoms with E-state index in [-0.39, 0.29) is 18.8 Å². The molecule has 3 rings (SSSR count). The van der Waals surface area contributed by atoms with Crippen molar-refractivity contribution >= 4 is 11.9 Å². The van der Waals surface area contributed by atoms with Gasteiger partial charge in [0.1, 0.15) is 12.5 Å². The molecule has 1 aromatic heterocycles. The first-order valence-electron chi connectivity index (χ1n) is 13.8. The van der Waals surface area contributed by atoms with Gasteiger partial charge in [0.05, 0.1) is 23.6 Å². The first-order valence-corrected chi connectivity index (χ1v) is 14.6. The van der Waals surface area contributed by atoms with Crippen molar-refractivity contribution in [2.45, 2.75) is 110 Å². The number of alkyl halides is 4. The van der Waals surface area contributed by atoms with Crippen LogP contribution in [0.3, 0.4) is 0 Å². The number of aryl methyl sites for hydroxylation is 2. The Balaban J connectivity index is 0.000000579. The summed E-state index contributed by atoms with van der Waals surface area (Å²) in [6.07, 6.45) is 7.46. The zero-order chi connectivity index (χ0) is 29.6. The number of aromatic nitrogens is 2. The zero-order valence-corrected chi connectivity index (χ0v) is 25.1. The van der Waals surface area contributed by atoms with Crippen molar-refractivity contribution in [3.8, 4) is 6.07 Å². The fraction of sp³-hybridized carbons (Fsp3) is 0.633. The summed E-state index contributed by atoms with van der Waals surface area (Å²) in [6.45, 7) is 11.0. The standard InChI is InChI=1S/C12H13F2N.C10H15F2N3S.C5H10.C3H8/c1-8-5-10(6-12(13)14)3-4-11(8)9(2)7-15;1-2-10-13-6-9(7-14-10)16-15-8(5-12)3-4-11;1-2-5-3-4-5;1-3-2/h3-5,9,12H,6H2,1-2H3;6-8,15H,2-5H2,1H3;5H,2-4H2,1H3;3H2,1-2H3. The molecular weight excluding hydrogens is 524 g/mol. The molecule has 2 unspecified atom stereocenters. The number of benzene rings is 1. The Hall–Kier alpha value is -2.18. The number of hydrogen-bond acceptors (Lipinski definition) is 5. The maximum absolute atomic E-state index is 12.4. The summed E-state index contributed by atoms with van der Waals surface area (Å²) in [5, 5.41) is 8.76. The van der Waals surface area contributed by atoms with Crippen molar-refractivity contribution in [1.29, 1.82) is 5.26 Å². The van der Waals surface area contributed by atoms with Gasteiger partial charge in [0, 0.05) is 31.3 Å². The summed E-state index contributed by atoms with van der Waals surface area (Å²) in [7, 11) is 0. The fourth-order valence-electron chi connectivity index (χ4n) is 3.15.